The van der Waals surface area contributed by atoms with Crippen LogP contribution in [0.1, 0.15) is 0 Å². The fourth-order valence-electron chi connectivity index (χ4n) is 1.43. The summed E-state index contributed by atoms with van der Waals surface area (Å²) in [5.74, 6) is 0.438. The average molecular weight is 269 g/mol. The molecule has 3 aromatic rings. The van der Waals surface area contributed by atoms with Crippen molar-refractivity contribution in [3.8, 4) is 0 Å². The molecule has 70 valence electrons. The molecule has 2 N–H and O–H groups in total. The molecule has 0 atom stereocenters. The van der Waals surface area contributed by atoms with Crippen molar-refractivity contribution in [3.05, 3.63) is 22.7 Å². The van der Waals surface area contributed by atoms with E-state index in [0.29, 0.717) is 5.95 Å². The molecular weight excluding hydrogens is 264 g/mol. The summed E-state index contributed by atoms with van der Waals surface area (Å²) in [7, 11) is 0. The van der Waals surface area contributed by atoms with Gasteiger partial charge in [0.2, 0.25) is 10.9 Å². The summed E-state index contributed by atoms with van der Waals surface area (Å²) in [4.78, 5) is 0.829. The van der Waals surface area contributed by atoms with Gasteiger partial charge in [-0.1, -0.05) is 27.3 Å². The van der Waals surface area contributed by atoms with Gasteiger partial charge >= 0.3 is 0 Å². The van der Waals surface area contributed by atoms with Gasteiger partial charge in [0.25, 0.3) is 0 Å². The first-order chi connectivity index (χ1) is 6.75. The second-order valence-electron chi connectivity index (χ2n) is 2.89. The number of rotatable bonds is 0. The van der Waals surface area contributed by atoms with Crippen LogP contribution in [-0.2, 0) is 0 Å². The number of hydrogen-bond donors (Lipinski definition) is 1. The van der Waals surface area contributed by atoms with Crippen LogP contribution in [0.4, 0.5) is 5.95 Å². The Morgan fingerprint density at radius 1 is 1.36 bits per heavy atom. The number of nitrogens with zero attached hydrogens (tertiary/aromatic N) is 3. The van der Waals surface area contributed by atoms with Crippen LogP contribution in [0, 0.1) is 0 Å². The fraction of sp³-hybridized carbons (Fsp3) is 0. The largest absolute Gasteiger partial charge is 0.368 e. The third-order valence-electron chi connectivity index (χ3n) is 2.02. The summed E-state index contributed by atoms with van der Waals surface area (Å²) in [5, 5.41) is 7.79. The summed E-state index contributed by atoms with van der Waals surface area (Å²) in [6.45, 7) is 0. The minimum Gasteiger partial charge on any atom is -0.368 e. The molecule has 0 aliphatic rings. The van der Waals surface area contributed by atoms with Crippen LogP contribution in [0.2, 0.25) is 0 Å². The number of hydrogen-bond acceptors (Lipinski definition) is 4. The quantitative estimate of drug-likeness (QED) is 0.681. The number of benzene rings is 1. The maximum Gasteiger partial charge on any atom is 0.227 e. The molecule has 0 aliphatic heterocycles. The Morgan fingerprint density at radius 2 is 2.21 bits per heavy atom. The number of aromatic nitrogens is 3. The zero-order valence-electron chi connectivity index (χ0n) is 6.94. The number of nitrogens with two attached hydrogens (primary N) is 1. The molecule has 0 fully saturated rings. The van der Waals surface area contributed by atoms with E-state index >= 15 is 0 Å². The van der Waals surface area contributed by atoms with E-state index in [1.54, 1.807) is 11.3 Å². The van der Waals surface area contributed by atoms with E-state index in [9.17, 15) is 0 Å². The first-order valence-corrected chi connectivity index (χ1v) is 5.55. The number of anilines is 1. The van der Waals surface area contributed by atoms with Gasteiger partial charge in [-0.3, -0.25) is 4.40 Å². The molecule has 14 heavy (non-hydrogen) atoms. The Balaban J connectivity index is 2.58. The monoisotopic (exact) mass is 268 g/mol. The normalized spacial score (nSPS) is 11.5. The predicted molar refractivity (Wildman–Crippen MR) is 60.5 cm³/mol. The molecule has 1 aromatic carbocycles. The molecule has 0 saturated heterocycles. The van der Waals surface area contributed by atoms with Gasteiger partial charge in [0.05, 0.1) is 10.2 Å². The van der Waals surface area contributed by atoms with Gasteiger partial charge in [0, 0.05) is 4.47 Å². The fourth-order valence-corrected chi connectivity index (χ4v) is 2.95. The van der Waals surface area contributed by atoms with Gasteiger partial charge in [-0.25, -0.2) is 0 Å². The second kappa shape index (κ2) is 2.68. The zero-order chi connectivity index (χ0) is 9.71. The highest BCUT2D eigenvalue weighted by Crippen LogP contribution is 2.29. The summed E-state index contributed by atoms with van der Waals surface area (Å²) in [6.07, 6.45) is 0. The molecular formula is C8H5BrN4S. The van der Waals surface area contributed by atoms with Crippen LogP contribution in [0.5, 0.6) is 0 Å². The number of nitrogen functional groups attached to an aromatic ring is 1. The highest BCUT2D eigenvalue weighted by molar-refractivity contribution is 9.10. The van der Waals surface area contributed by atoms with E-state index in [2.05, 4.69) is 26.1 Å². The van der Waals surface area contributed by atoms with Gasteiger partial charge < -0.3 is 5.73 Å². The van der Waals surface area contributed by atoms with Crippen LogP contribution in [-0.4, -0.2) is 14.6 Å². The van der Waals surface area contributed by atoms with Crippen molar-refractivity contribution in [2.24, 2.45) is 0 Å². The molecule has 0 radical (unpaired) electrons. The summed E-state index contributed by atoms with van der Waals surface area (Å²) in [6, 6.07) is 6.03. The van der Waals surface area contributed by atoms with Crippen LogP contribution >= 0.6 is 27.3 Å². The molecule has 2 aromatic heterocycles. The van der Waals surface area contributed by atoms with E-state index in [4.69, 9.17) is 5.73 Å². The zero-order valence-corrected chi connectivity index (χ0v) is 9.34. The van der Waals surface area contributed by atoms with Crippen molar-refractivity contribution >= 4 is 48.4 Å². The van der Waals surface area contributed by atoms with Gasteiger partial charge in [0.1, 0.15) is 0 Å². The Labute approximate surface area is 91.5 Å². The Morgan fingerprint density at radius 3 is 3.07 bits per heavy atom. The summed E-state index contributed by atoms with van der Waals surface area (Å²) < 4.78 is 4.06. The first kappa shape index (κ1) is 8.19. The topological polar surface area (TPSA) is 56.2 Å². The van der Waals surface area contributed by atoms with Crippen molar-refractivity contribution in [2.75, 3.05) is 5.73 Å². The van der Waals surface area contributed by atoms with Crippen LogP contribution in [0.15, 0.2) is 22.7 Å². The molecule has 6 heteroatoms. The summed E-state index contributed by atoms with van der Waals surface area (Å²) >= 11 is 5.00. The molecule has 0 aliphatic carbocycles. The number of halogens is 1. The highest BCUT2D eigenvalue weighted by Gasteiger charge is 2.09. The van der Waals surface area contributed by atoms with Gasteiger partial charge in [-0.05, 0) is 18.2 Å². The molecule has 3 rings (SSSR count). The molecule has 0 spiro atoms. The second-order valence-corrected chi connectivity index (χ2v) is 4.82. The molecule has 2 heterocycles. The lowest BCUT2D eigenvalue weighted by Gasteiger charge is -1.92. The van der Waals surface area contributed by atoms with E-state index in [1.807, 2.05) is 22.6 Å². The van der Waals surface area contributed by atoms with E-state index in [1.165, 1.54) is 0 Å². The standard InChI is InChI=1S/C8H5BrN4S/c9-4-1-2-5-6(3-4)14-8-12-11-7(10)13(5)8/h1-3H,(H2,10,11). The number of fused-ring (bicyclic) bond motifs is 3. The first-order valence-electron chi connectivity index (χ1n) is 3.94. The maximum absolute atomic E-state index is 5.71. The SMILES string of the molecule is Nc1nnc2sc3cc(Br)ccc3n12. The molecule has 0 saturated carbocycles. The highest BCUT2D eigenvalue weighted by atomic mass is 79.9. The molecule has 0 unspecified atom stereocenters. The Kier molecular flexibility index (Phi) is 1.57. The lowest BCUT2D eigenvalue weighted by atomic mass is 10.3. The van der Waals surface area contributed by atoms with E-state index in [0.717, 1.165) is 19.7 Å². The van der Waals surface area contributed by atoms with Crippen LogP contribution in [0.3, 0.4) is 0 Å². The Hall–Kier alpha value is -1.14. The Bertz CT molecular complexity index is 627. The smallest absolute Gasteiger partial charge is 0.227 e. The van der Waals surface area contributed by atoms with Gasteiger partial charge in [-0.2, -0.15) is 0 Å². The van der Waals surface area contributed by atoms with E-state index in [-0.39, 0.29) is 0 Å². The lowest BCUT2D eigenvalue weighted by Crippen LogP contribution is -1.92. The van der Waals surface area contributed by atoms with Crippen molar-refractivity contribution in [1.29, 1.82) is 0 Å². The van der Waals surface area contributed by atoms with Crippen molar-refractivity contribution in [3.63, 3.8) is 0 Å². The van der Waals surface area contributed by atoms with Crippen molar-refractivity contribution in [1.82, 2.24) is 14.6 Å². The average Bonchev–Trinajstić information content (AvgIpc) is 2.66. The van der Waals surface area contributed by atoms with Gasteiger partial charge in [0.15, 0.2) is 0 Å². The third kappa shape index (κ3) is 0.978. The minimum atomic E-state index is 0.438. The van der Waals surface area contributed by atoms with Gasteiger partial charge in [-0.15, -0.1) is 10.2 Å². The van der Waals surface area contributed by atoms with Crippen molar-refractivity contribution < 1.29 is 0 Å². The predicted octanol–water partition coefficient (Wildman–Crippen LogP) is 2.29. The molecule has 4 nitrogen and oxygen atoms in total. The van der Waals surface area contributed by atoms with Crippen LogP contribution in [0.25, 0.3) is 15.2 Å². The summed E-state index contributed by atoms with van der Waals surface area (Å²) in [5.41, 5.74) is 6.76. The number of thiazole rings is 1. The lowest BCUT2D eigenvalue weighted by molar-refractivity contribution is 1.12. The van der Waals surface area contributed by atoms with Crippen LogP contribution < -0.4 is 5.73 Å². The van der Waals surface area contributed by atoms with Crippen molar-refractivity contribution in [2.45, 2.75) is 0 Å². The molecule has 0 bridgehead atoms. The third-order valence-corrected chi connectivity index (χ3v) is 3.51. The molecule has 0 amide bonds. The van der Waals surface area contributed by atoms with E-state index < -0.39 is 0 Å². The maximum atomic E-state index is 5.71. The minimum absolute atomic E-state index is 0.438.